The van der Waals surface area contributed by atoms with Gasteiger partial charge in [-0.1, -0.05) is 225 Å². The van der Waals surface area contributed by atoms with Gasteiger partial charge in [0.05, 0.1) is 5.92 Å². The van der Waals surface area contributed by atoms with E-state index in [0.29, 0.717) is 12.2 Å². The van der Waals surface area contributed by atoms with Crippen LogP contribution in [0.1, 0.15) is 284 Å². The van der Waals surface area contributed by atoms with Crippen molar-refractivity contribution in [2.45, 2.75) is 284 Å². The molecule has 0 amide bonds. The number of ketones is 2. The van der Waals surface area contributed by atoms with E-state index in [1.807, 2.05) is 0 Å². The number of Topliss-reactive ketones (excluding diaryl/α,β-unsaturated/α-hetero) is 2. The summed E-state index contributed by atoms with van der Waals surface area (Å²) >= 11 is 0. The topological polar surface area (TPSA) is 51.2 Å². The molecule has 0 fully saturated rings. The summed E-state index contributed by atoms with van der Waals surface area (Å²) in [6, 6.07) is 0. The Hall–Kier alpha value is -1.25. The van der Waals surface area contributed by atoms with Gasteiger partial charge < -0.3 is 4.79 Å². The lowest BCUT2D eigenvalue weighted by atomic mass is 9.94. The molecule has 0 aromatic carbocycles. The largest absolute Gasteiger partial charge is 0.303 e. The molecule has 0 radical (unpaired) electrons. The van der Waals surface area contributed by atoms with Gasteiger partial charge in [0.15, 0.2) is 0 Å². The molecule has 0 aromatic rings. The van der Waals surface area contributed by atoms with Crippen LogP contribution in [0.3, 0.4) is 0 Å². The van der Waals surface area contributed by atoms with Crippen molar-refractivity contribution in [2.75, 3.05) is 0 Å². The monoisotopic (exact) mass is 743 g/mol. The Morgan fingerprint density at radius 2 is 0.642 bits per heavy atom. The van der Waals surface area contributed by atoms with Crippen molar-refractivity contribution < 1.29 is 14.4 Å². The lowest BCUT2D eigenvalue weighted by Crippen LogP contribution is -2.15. The molecule has 0 aliphatic carbocycles. The van der Waals surface area contributed by atoms with Crippen LogP contribution in [0.5, 0.6) is 0 Å². The van der Waals surface area contributed by atoms with Gasteiger partial charge in [0, 0.05) is 19.3 Å². The smallest absolute Gasteiger partial charge is 0.143 e. The van der Waals surface area contributed by atoms with E-state index >= 15 is 0 Å². The van der Waals surface area contributed by atoms with Crippen molar-refractivity contribution in [3.8, 4) is 0 Å². The number of carbonyl (C=O) groups excluding carboxylic acids is 3. The summed E-state index contributed by atoms with van der Waals surface area (Å²) in [5.74, 6) is 0.312. The quantitative estimate of drug-likeness (QED) is 0.0270. The first-order valence-corrected chi connectivity index (χ1v) is 24.3. The summed E-state index contributed by atoms with van der Waals surface area (Å²) in [5.41, 5.74) is 0. The van der Waals surface area contributed by atoms with Gasteiger partial charge in [-0.2, -0.15) is 0 Å². The standard InChI is InChI=1S/C50H94O3/c1-3-5-7-9-11-13-15-17-18-20-24-28-32-36-40-44-49(52)45-41-37-33-29-25-22-21-23-27-31-35-39-43-48(47-51)50(53)46-42-38-34-30-26-19-16-14-12-10-8-6-4-2/h17-18,47-48H,3-16,19-46H2,1-2H3. The summed E-state index contributed by atoms with van der Waals surface area (Å²) in [6.45, 7) is 4.55. The van der Waals surface area contributed by atoms with Gasteiger partial charge in [0.2, 0.25) is 0 Å². The van der Waals surface area contributed by atoms with E-state index in [1.54, 1.807) is 0 Å². The van der Waals surface area contributed by atoms with Gasteiger partial charge in [-0.25, -0.2) is 0 Å². The Balaban J connectivity index is 3.40. The van der Waals surface area contributed by atoms with E-state index in [1.165, 1.54) is 205 Å². The zero-order valence-corrected chi connectivity index (χ0v) is 36.2. The summed E-state index contributed by atoms with van der Waals surface area (Å²) in [6.07, 6.45) is 57.5. The molecule has 0 saturated heterocycles. The molecule has 0 saturated carbocycles. The summed E-state index contributed by atoms with van der Waals surface area (Å²) < 4.78 is 0. The molecule has 53 heavy (non-hydrogen) atoms. The Morgan fingerprint density at radius 3 is 0.981 bits per heavy atom. The highest BCUT2D eigenvalue weighted by Gasteiger charge is 2.16. The molecule has 312 valence electrons. The van der Waals surface area contributed by atoms with Crippen LogP contribution in [0.4, 0.5) is 0 Å². The first-order valence-electron chi connectivity index (χ1n) is 24.3. The van der Waals surface area contributed by atoms with Gasteiger partial charge in [0.25, 0.3) is 0 Å². The van der Waals surface area contributed by atoms with E-state index in [-0.39, 0.29) is 11.7 Å². The minimum Gasteiger partial charge on any atom is -0.303 e. The van der Waals surface area contributed by atoms with Crippen molar-refractivity contribution in [1.29, 1.82) is 0 Å². The number of unbranched alkanes of at least 4 members (excludes halogenated alkanes) is 34. The van der Waals surface area contributed by atoms with E-state index < -0.39 is 0 Å². The van der Waals surface area contributed by atoms with Crippen LogP contribution in [-0.4, -0.2) is 17.9 Å². The second-order valence-corrected chi connectivity index (χ2v) is 16.9. The fourth-order valence-electron chi connectivity index (χ4n) is 7.78. The minimum atomic E-state index is -0.359. The molecule has 1 unspecified atom stereocenters. The molecule has 0 heterocycles. The van der Waals surface area contributed by atoms with Gasteiger partial charge in [-0.15, -0.1) is 0 Å². The number of hydrogen-bond donors (Lipinski definition) is 0. The molecule has 0 bridgehead atoms. The average molecular weight is 743 g/mol. The zero-order valence-electron chi connectivity index (χ0n) is 36.2. The highest BCUT2D eigenvalue weighted by atomic mass is 16.1. The molecule has 3 nitrogen and oxygen atoms in total. The number of aldehydes is 1. The van der Waals surface area contributed by atoms with E-state index in [2.05, 4.69) is 26.0 Å². The molecule has 0 N–H and O–H groups in total. The third-order valence-electron chi connectivity index (χ3n) is 11.5. The zero-order chi connectivity index (χ0) is 38.6. The van der Waals surface area contributed by atoms with Crippen molar-refractivity contribution in [1.82, 2.24) is 0 Å². The normalized spacial score (nSPS) is 12.2. The number of allylic oxidation sites excluding steroid dienone is 2. The van der Waals surface area contributed by atoms with Crippen LogP contribution in [0.15, 0.2) is 12.2 Å². The molecule has 3 heteroatoms. The van der Waals surface area contributed by atoms with Crippen LogP contribution in [0, 0.1) is 5.92 Å². The Morgan fingerprint density at radius 1 is 0.358 bits per heavy atom. The van der Waals surface area contributed by atoms with Crippen LogP contribution in [-0.2, 0) is 14.4 Å². The highest BCUT2D eigenvalue weighted by Crippen LogP contribution is 2.18. The highest BCUT2D eigenvalue weighted by molar-refractivity contribution is 5.93. The maximum atomic E-state index is 12.5. The van der Waals surface area contributed by atoms with E-state index in [0.717, 1.165) is 64.1 Å². The molecule has 0 spiro atoms. The molecule has 0 aromatic heterocycles. The van der Waals surface area contributed by atoms with Crippen molar-refractivity contribution in [2.24, 2.45) is 5.92 Å². The number of carbonyl (C=O) groups is 3. The minimum absolute atomic E-state index is 0.184. The molecule has 1 atom stereocenters. The number of rotatable bonds is 46. The van der Waals surface area contributed by atoms with Gasteiger partial charge >= 0.3 is 0 Å². The van der Waals surface area contributed by atoms with Gasteiger partial charge in [-0.3, -0.25) is 9.59 Å². The molecule has 0 rings (SSSR count). The van der Waals surface area contributed by atoms with Crippen LogP contribution in [0.25, 0.3) is 0 Å². The molecule has 0 aliphatic rings. The average Bonchev–Trinajstić information content (AvgIpc) is 3.16. The second-order valence-electron chi connectivity index (χ2n) is 16.9. The van der Waals surface area contributed by atoms with Crippen LogP contribution >= 0.6 is 0 Å². The Bertz CT molecular complexity index is 786. The fraction of sp³-hybridized carbons (Fsp3) is 0.900. The predicted octanol–water partition coefficient (Wildman–Crippen LogP) is 16.9. The lowest BCUT2D eigenvalue weighted by molar-refractivity contribution is -0.127. The van der Waals surface area contributed by atoms with Gasteiger partial charge in [0.1, 0.15) is 17.9 Å². The lowest BCUT2D eigenvalue weighted by Gasteiger charge is -2.09. The van der Waals surface area contributed by atoms with E-state index in [4.69, 9.17) is 0 Å². The molecular formula is C50H94O3. The van der Waals surface area contributed by atoms with Crippen molar-refractivity contribution >= 4 is 17.9 Å². The fourth-order valence-corrected chi connectivity index (χ4v) is 7.78. The summed E-state index contributed by atoms with van der Waals surface area (Å²) in [5, 5.41) is 0. The SMILES string of the molecule is CCCCCCCCC=CCCCCCCCC(=O)CCCCCCCCCCCCCCC(C=O)C(=O)CCCCCCCCCCCCCCC. The summed E-state index contributed by atoms with van der Waals surface area (Å²) in [7, 11) is 0. The first-order chi connectivity index (χ1) is 26.2. The first kappa shape index (κ1) is 51.8. The molecule has 0 aliphatic heterocycles. The Labute approximate surface area is 332 Å². The summed E-state index contributed by atoms with van der Waals surface area (Å²) in [4.78, 5) is 36.3. The maximum Gasteiger partial charge on any atom is 0.143 e. The van der Waals surface area contributed by atoms with Gasteiger partial charge in [-0.05, 0) is 51.4 Å². The Kier molecular flexibility index (Phi) is 44.1. The maximum absolute atomic E-state index is 12.5. The van der Waals surface area contributed by atoms with Crippen molar-refractivity contribution in [3.63, 3.8) is 0 Å². The van der Waals surface area contributed by atoms with Crippen LogP contribution < -0.4 is 0 Å². The van der Waals surface area contributed by atoms with E-state index in [9.17, 15) is 14.4 Å². The van der Waals surface area contributed by atoms with Crippen LogP contribution in [0.2, 0.25) is 0 Å². The third kappa shape index (κ3) is 41.7. The van der Waals surface area contributed by atoms with Crippen molar-refractivity contribution in [3.05, 3.63) is 12.2 Å². The second kappa shape index (κ2) is 45.1. The predicted molar refractivity (Wildman–Crippen MR) is 234 cm³/mol. The third-order valence-corrected chi connectivity index (χ3v) is 11.5. The number of hydrogen-bond acceptors (Lipinski definition) is 3. The molecular weight excluding hydrogens is 649 g/mol.